The number of imide groups is 1. The summed E-state index contributed by atoms with van der Waals surface area (Å²) in [4.78, 5) is 38.7. The summed E-state index contributed by atoms with van der Waals surface area (Å²) in [6.07, 6.45) is 2.91. The molecule has 1 aliphatic carbocycles. The minimum absolute atomic E-state index is 0.0455. The van der Waals surface area contributed by atoms with Crippen molar-refractivity contribution in [3.63, 3.8) is 0 Å². The molecule has 4 amide bonds. The van der Waals surface area contributed by atoms with Crippen LogP contribution in [0.15, 0.2) is 59.5 Å². The largest absolute Gasteiger partial charge is 0.325 e. The van der Waals surface area contributed by atoms with Crippen molar-refractivity contribution in [3.05, 3.63) is 54.6 Å². The van der Waals surface area contributed by atoms with Crippen LogP contribution in [0.3, 0.4) is 0 Å². The molecule has 32 heavy (non-hydrogen) atoms. The SMILES string of the molecule is O=C(CCN1C(=O)NC2(CCCC2)C1=O)Nc1ccccc1NS(=O)(=O)c1ccccc1. The molecule has 1 saturated carbocycles. The second-order valence-electron chi connectivity index (χ2n) is 7.94. The third-order valence-electron chi connectivity index (χ3n) is 5.76. The Balaban J connectivity index is 1.40. The van der Waals surface area contributed by atoms with E-state index in [2.05, 4.69) is 15.4 Å². The third-order valence-corrected chi connectivity index (χ3v) is 7.15. The second kappa shape index (κ2) is 8.62. The molecule has 1 spiro atoms. The molecule has 4 rings (SSSR count). The number of carbonyl (C=O) groups is 3. The van der Waals surface area contributed by atoms with Crippen molar-refractivity contribution in [2.75, 3.05) is 16.6 Å². The van der Waals surface area contributed by atoms with E-state index < -0.39 is 27.5 Å². The predicted octanol–water partition coefficient (Wildman–Crippen LogP) is 2.68. The molecule has 0 bridgehead atoms. The van der Waals surface area contributed by atoms with Crippen molar-refractivity contribution in [1.82, 2.24) is 10.2 Å². The zero-order chi connectivity index (χ0) is 22.8. The van der Waals surface area contributed by atoms with Crippen LogP contribution >= 0.6 is 0 Å². The van der Waals surface area contributed by atoms with Crippen LogP contribution in [0.25, 0.3) is 0 Å². The molecule has 3 N–H and O–H groups in total. The van der Waals surface area contributed by atoms with Crippen LogP contribution in [0.1, 0.15) is 32.1 Å². The molecule has 2 aliphatic rings. The molecule has 2 aromatic rings. The number of urea groups is 1. The predicted molar refractivity (Wildman–Crippen MR) is 118 cm³/mol. The van der Waals surface area contributed by atoms with Crippen LogP contribution in [0.2, 0.25) is 0 Å². The molecule has 2 fully saturated rings. The molecule has 1 saturated heterocycles. The first-order chi connectivity index (χ1) is 15.3. The van der Waals surface area contributed by atoms with Crippen LogP contribution in [-0.2, 0) is 19.6 Å². The fourth-order valence-corrected chi connectivity index (χ4v) is 5.21. The number of hydrogen-bond donors (Lipinski definition) is 3. The lowest BCUT2D eigenvalue weighted by atomic mass is 9.98. The van der Waals surface area contributed by atoms with Gasteiger partial charge in [-0.2, -0.15) is 0 Å². The standard InChI is InChI=1S/C22H24N4O5S/c27-19(12-15-26-20(28)22(24-21(26)29)13-6-7-14-22)23-17-10-4-5-11-18(17)25-32(30,31)16-8-2-1-3-9-16/h1-5,8-11,25H,6-7,12-15H2,(H,23,27)(H,24,29). The summed E-state index contributed by atoms with van der Waals surface area (Å²) >= 11 is 0. The highest BCUT2D eigenvalue weighted by Crippen LogP contribution is 2.35. The van der Waals surface area contributed by atoms with E-state index in [0.717, 1.165) is 17.7 Å². The molecule has 0 atom stereocenters. The summed E-state index contributed by atoms with van der Waals surface area (Å²) in [7, 11) is -3.83. The first-order valence-corrected chi connectivity index (χ1v) is 11.9. The molecule has 9 nitrogen and oxygen atoms in total. The van der Waals surface area contributed by atoms with E-state index >= 15 is 0 Å². The first kappa shape index (κ1) is 21.8. The van der Waals surface area contributed by atoms with Crippen LogP contribution in [0.5, 0.6) is 0 Å². The van der Waals surface area contributed by atoms with Crippen molar-refractivity contribution in [1.29, 1.82) is 0 Å². The number of hydrogen-bond acceptors (Lipinski definition) is 5. The van der Waals surface area contributed by atoms with Gasteiger partial charge in [-0.15, -0.1) is 0 Å². The summed E-state index contributed by atoms with van der Waals surface area (Å²) < 4.78 is 27.7. The smallest absolute Gasteiger partial charge is 0.324 e. The molecule has 1 aliphatic heterocycles. The Labute approximate surface area is 186 Å². The Morgan fingerprint density at radius 2 is 1.59 bits per heavy atom. The Morgan fingerprint density at radius 1 is 0.969 bits per heavy atom. The average molecular weight is 457 g/mol. The molecule has 2 aromatic carbocycles. The highest BCUT2D eigenvalue weighted by molar-refractivity contribution is 7.92. The van der Waals surface area contributed by atoms with Crippen molar-refractivity contribution in [3.8, 4) is 0 Å². The minimum Gasteiger partial charge on any atom is -0.324 e. The van der Waals surface area contributed by atoms with Gasteiger partial charge in [-0.3, -0.25) is 19.2 Å². The fraction of sp³-hybridized carbons (Fsp3) is 0.318. The highest BCUT2D eigenvalue weighted by Gasteiger charge is 2.52. The highest BCUT2D eigenvalue weighted by atomic mass is 32.2. The van der Waals surface area contributed by atoms with Crippen LogP contribution in [-0.4, -0.2) is 43.2 Å². The second-order valence-corrected chi connectivity index (χ2v) is 9.62. The van der Waals surface area contributed by atoms with Gasteiger partial charge in [-0.25, -0.2) is 13.2 Å². The number of nitrogens with one attached hydrogen (secondary N) is 3. The molecule has 0 aromatic heterocycles. The third kappa shape index (κ3) is 4.31. The van der Waals surface area contributed by atoms with E-state index in [0.29, 0.717) is 12.8 Å². The Hall–Kier alpha value is -3.40. The summed E-state index contributed by atoms with van der Waals surface area (Å²) in [6, 6.07) is 13.8. The van der Waals surface area contributed by atoms with Crippen LogP contribution in [0.4, 0.5) is 16.2 Å². The molecule has 0 radical (unpaired) electrons. The van der Waals surface area contributed by atoms with E-state index in [4.69, 9.17) is 0 Å². The number of nitrogens with zero attached hydrogens (tertiary/aromatic N) is 1. The lowest BCUT2D eigenvalue weighted by Gasteiger charge is -2.20. The molecule has 0 unspecified atom stereocenters. The number of benzene rings is 2. The van der Waals surface area contributed by atoms with Crippen LogP contribution < -0.4 is 15.4 Å². The molecule has 1 heterocycles. The maximum absolute atomic E-state index is 12.7. The van der Waals surface area contributed by atoms with E-state index in [9.17, 15) is 22.8 Å². The maximum atomic E-state index is 12.7. The summed E-state index contributed by atoms with van der Waals surface area (Å²) in [6.45, 7) is -0.0455. The maximum Gasteiger partial charge on any atom is 0.325 e. The number of rotatable bonds is 7. The lowest BCUT2D eigenvalue weighted by molar-refractivity contribution is -0.131. The summed E-state index contributed by atoms with van der Waals surface area (Å²) in [5, 5.41) is 5.45. The Morgan fingerprint density at radius 3 is 2.28 bits per heavy atom. The Bertz CT molecular complexity index is 1140. The number of para-hydroxylation sites is 2. The zero-order valence-electron chi connectivity index (χ0n) is 17.3. The molecule has 10 heteroatoms. The van der Waals surface area contributed by atoms with Crippen LogP contribution in [0, 0.1) is 0 Å². The van der Waals surface area contributed by atoms with Gasteiger partial charge >= 0.3 is 6.03 Å². The van der Waals surface area contributed by atoms with Gasteiger partial charge in [-0.05, 0) is 37.1 Å². The monoisotopic (exact) mass is 456 g/mol. The average Bonchev–Trinajstić information content (AvgIpc) is 3.33. The fourth-order valence-electron chi connectivity index (χ4n) is 4.11. The van der Waals surface area contributed by atoms with E-state index in [1.165, 1.54) is 18.2 Å². The summed E-state index contributed by atoms with van der Waals surface area (Å²) in [5.74, 6) is -0.715. The van der Waals surface area contributed by atoms with Gasteiger partial charge < -0.3 is 10.6 Å². The molecular weight excluding hydrogens is 432 g/mol. The van der Waals surface area contributed by atoms with Crippen molar-refractivity contribution >= 4 is 39.2 Å². The van der Waals surface area contributed by atoms with E-state index in [-0.39, 0.29) is 35.1 Å². The lowest BCUT2D eigenvalue weighted by Crippen LogP contribution is -2.44. The first-order valence-electron chi connectivity index (χ1n) is 10.4. The van der Waals surface area contributed by atoms with E-state index in [1.54, 1.807) is 36.4 Å². The van der Waals surface area contributed by atoms with Crippen molar-refractivity contribution < 1.29 is 22.8 Å². The van der Waals surface area contributed by atoms with Crippen molar-refractivity contribution in [2.24, 2.45) is 0 Å². The topological polar surface area (TPSA) is 125 Å². The van der Waals surface area contributed by atoms with Crippen molar-refractivity contribution in [2.45, 2.75) is 42.5 Å². The minimum atomic E-state index is -3.83. The van der Waals surface area contributed by atoms with E-state index in [1.807, 2.05) is 0 Å². The normalized spacial score (nSPS) is 17.4. The summed E-state index contributed by atoms with van der Waals surface area (Å²) in [5.41, 5.74) is -0.318. The van der Waals surface area contributed by atoms with Gasteiger partial charge in [0.15, 0.2) is 0 Å². The number of amides is 4. The van der Waals surface area contributed by atoms with Gasteiger partial charge in [0.2, 0.25) is 5.91 Å². The quantitative estimate of drug-likeness (QED) is 0.553. The number of sulfonamides is 1. The zero-order valence-corrected chi connectivity index (χ0v) is 18.2. The van der Waals surface area contributed by atoms with Gasteiger partial charge in [0.1, 0.15) is 5.54 Å². The number of anilines is 2. The molecule has 168 valence electrons. The van der Waals surface area contributed by atoms with Gasteiger partial charge in [0.25, 0.3) is 15.9 Å². The molecular formula is C22H24N4O5S. The van der Waals surface area contributed by atoms with Gasteiger partial charge in [-0.1, -0.05) is 43.2 Å². The number of carbonyl (C=O) groups excluding carboxylic acids is 3. The van der Waals surface area contributed by atoms with Gasteiger partial charge in [0, 0.05) is 13.0 Å². The Kier molecular flexibility index (Phi) is 5.88. The van der Waals surface area contributed by atoms with Gasteiger partial charge in [0.05, 0.1) is 16.3 Å².